The first kappa shape index (κ1) is 22.0. The summed E-state index contributed by atoms with van der Waals surface area (Å²) in [7, 11) is 0. The molecule has 0 radical (unpaired) electrons. The molecule has 4 N–H and O–H groups in total. The second-order valence-corrected chi connectivity index (χ2v) is 7.04. The molecule has 1 heterocycles. The number of hydrogen-bond donors (Lipinski definition) is 4. The second-order valence-electron chi connectivity index (χ2n) is 7.04. The summed E-state index contributed by atoms with van der Waals surface area (Å²) in [6.07, 6.45) is 2.78. The third kappa shape index (κ3) is 6.13. The van der Waals surface area contributed by atoms with Crippen molar-refractivity contribution in [2.75, 3.05) is 12.1 Å². The number of fused-ring (bicyclic) bond motifs is 1. The van der Waals surface area contributed by atoms with Crippen molar-refractivity contribution in [1.29, 1.82) is 0 Å². The number of phenols is 1. The summed E-state index contributed by atoms with van der Waals surface area (Å²) in [5.41, 5.74) is 2.76. The summed E-state index contributed by atoms with van der Waals surface area (Å²) in [5, 5.41) is 20.8. The number of hydroxylamine groups is 1. The third-order valence-corrected chi connectivity index (χ3v) is 4.76. The normalized spacial score (nSPS) is 14.1. The van der Waals surface area contributed by atoms with Crippen LogP contribution in [-0.2, 0) is 9.53 Å². The van der Waals surface area contributed by atoms with Gasteiger partial charge in [-0.2, -0.15) is 0 Å². The van der Waals surface area contributed by atoms with Crippen molar-refractivity contribution in [3.05, 3.63) is 60.2 Å². The molecular formula is C22H24N2O7. The molecule has 0 fully saturated rings. The molecule has 164 valence electrons. The van der Waals surface area contributed by atoms with Crippen LogP contribution in [0.25, 0.3) is 0 Å². The Kier molecular flexibility index (Phi) is 7.34. The lowest BCUT2D eigenvalue weighted by Gasteiger charge is -2.24. The lowest BCUT2D eigenvalue weighted by Crippen LogP contribution is -2.22. The minimum atomic E-state index is -0.640. The molecule has 2 aromatic rings. The van der Waals surface area contributed by atoms with Gasteiger partial charge in [-0.25, -0.2) is 10.3 Å². The number of hydrogen-bond acceptors (Lipinski definition) is 7. The number of allylic oxidation sites excluding steroid dienone is 1. The van der Waals surface area contributed by atoms with Gasteiger partial charge < -0.3 is 19.3 Å². The maximum atomic E-state index is 12.6. The molecule has 31 heavy (non-hydrogen) atoms. The van der Waals surface area contributed by atoms with Crippen LogP contribution in [0.1, 0.15) is 31.4 Å². The minimum Gasteiger partial charge on any atom is -0.508 e. The van der Waals surface area contributed by atoms with Gasteiger partial charge >= 0.3 is 6.09 Å². The highest BCUT2D eigenvalue weighted by molar-refractivity contribution is 5.86. The van der Waals surface area contributed by atoms with Gasteiger partial charge in [0.25, 0.3) is 5.91 Å². The standard InChI is InChI=1S/C22H24N2O7/c1-14(4-2-3-5-20(26)24-28)21(15-6-9-17(25)10-7-15)31-22(27)23-16-8-11-18-19(12-16)30-13-29-18/h3,5-12,14,21,25,28H,2,4,13H2,1H3,(H,23,27)(H,24,26)/b5-3+/t14-,21-/m1/s1. The Balaban J connectivity index is 1.67. The fourth-order valence-electron chi connectivity index (χ4n) is 3.15. The smallest absolute Gasteiger partial charge is 0.412 e. The van der Waals surface area contributed by atoms with E-state index < -0.39 is 18.1 Å². The lowest BCUT2D eigenvalue weighted by molar-refractivity contribution is -0.124. The Labute approximate surface area is 179 Å². The summed E-state index contributed by atoms with van der Waals surface area (Å²) < 4.78 is 16.3. The van der Waals surface area contributed by atoms with Crippen LogP contribution in [0.5, 0.6) is 17.2 Å². The maximum Gasteiger partial charge on any atom is 0.412 e. The molecule has 1 aliphatic heterocycles. The van der Waals surface area contributed by atoms with Gasteiger partial charge in [-0.05, 0) is 48.6 Å². The zero-order chi connectivity index (χ0) is 22.2. The third-order valence-electron chi connectivity index (χ3n) is 4.76. The number of carbonyl (C=O) groups is 2. The molecule has 1 aliphatic rings. The second kappa shape index (κ2) is 10.4. The van der Waals surface area contributed by atoms with Crippen LogP contribution in [-0.4, -0.2) is 29.1 Å². The van der Waals surface area contributed by atoms with E-state index in [0.717, 1.165) is 5.56 Å². The Hall–Kier alpha value is -3.72. The number of ether oxygens (including phenoxy) is 3. The van der Waals surface area contributed by atoms with Crippen molar-refractivity contribution >= 4 is 17.7 Å². The molecule has 0 unspecified atom stereocenters. The SMILES string of the molecule is C[C@H](CC/C=C/C(=O)NO)[C@@H](OC(=O)Nc1ccc2c(c1)OCO2)c1ccc(O)cc1. The molecule has 0 saturated heterocycles. The summed E-state index contributed by atoms with van der Waals surface area (Å²) in [5.74, 6) is 0.547. The number of rotatable bonds is 8. The molecule has 2 atom stereocenters. The van der Waals surface area contributed by atoms with E-state index in [1.807, 2.05) is 6.92 Å². The summed E-state index contributed by atoms with van der Waals surface area (Å²) in [4.78, 5) is 23.6. The van der Waals surface area contributed by atoms with E-state index in [1.54, 1.807) is 36.4 Å². The van der Waals surface area contributed by atoms with E-state index in [1.165, 1.54) is 23.7 Å². The van der Waals surface area contributed by atoms with Gasteiger partial charge in [0.1, 0.15) is 11.9 Å². The molecule has 9 heteroatoms. The average Bonchev–Trinajstić information content (AvgIpc) is 3.23. The highest BCUT2D eigenvalue weighted by atomic mass is 16.7. The van der Waals surface area contributed by atoms with Crippen molar-refractivity contribution in [3.63, 3.8) is 0 Å². The van der Waals surface area contributed by atoms with E-state index in [0.29, 0.717) is 30.0 Å². The summed E-state index contributed by atoms with van der Waals surface area (Å²) in [6.45, 7) is 2.06. The highest BCUT2D eigenvalue weighted by Crippen LogP contribution is 2.35. The molecule has 2 amide bonds. The van der Waals surface area contributed by atoms with Crippen LogP contribution in [0.3, 0.4) is 0 Å². The first-order valence-electron chi connectivity index (χ1n) is 9.73. The Morgan fingerprint density at radius 2 is 1.90 bits per heavy atom. The van der Waals surface area contributed by atoms with Crippen molar-refractivity contribution in [2.45, 2.75) is 25.9 Å². The zero-order valence-corrected chi connectivity index (χ0v) is 16.9. The zero-order valence-electron chi connectivity index (χ0n) is 16.9. The van der Waals surface area contributed by atoms with Crippen LogP contribution >= 0.6 is 0 Å². The van der Waals surface area contributed by atoms with Crippen LogP contribution in [0.15, 0.2) is 54.6 Å². The first-order chi connectivity index (χ1) is 15.0. The van der Waals surface area contributed by atoms with Gasteiger partial charge in [-0.3, -0.25) is 15.3 Å². The number of nitrogens with one attached hydrogen (secondary N) is 2. The maximum absolute atomic E-state index is 12.6. The predicted molar refractivity (Wildman–Crippen MR) is 111 cm³/mol. The van der Waals surface area contributed by atoms with Gasteiger partial charge in [0, 0.05) is 17.8 Å². The van der Waals surface area contributed by atoms with Crippen molar-refractivity contribution in [3.8, 4) is 17.2 Å². The molecule has 2 aromatic carbocycles. The Morgan fingerprint density at radius 3 is 2.65 bits per heavy atom. The summed E-state index contributed by atoms with van der Waals surface area (Å²) >= 11 is 0. The van der Waals surface area contributed by atoms with E-state index in [4.69, 9.17) is 19.4 Å². The topological polar surface area (TPSA) is 126 Å². The molecule has 0 saturated carbocycles. The van der Waals surface area contributed by atoms with Gasteiger partial charge in [0.2, 0.25) is 6.79 Å². The van der Waals surface area contributed by atoms with E-state index in [9.17, 15) is 14.7 Å². The van der Waals surface area contributed by atoms with Crippen LogP contribution in [0.4, 0.5) is 10.5 Å². The Bertz CT molecular complexity index is 943. The predicted octanol–water partition coefficient (Wildman–Crippen LogP) is 3.89. The van der Waals surface area contributed by atoms with Gasteiger partial charge in [0.15, 0.2) is 11.5 Å². The summed E-state index contributed by atoms with van der Waals surface area (Å²) in [6, 6.07) is 11.5. The van der Waals surface area contributed by atoms with Crippen molar-refractivity contribution < 1.29 is 34.1 Å². The van der Waals surface area contributed by atoms with E-state index in [-0.39, 0.29) is 18.5 Å². The first-order valence-corrected chi connectivity index (χ1v) is 9.73. The van der Waals surface area contributed by atoms with Crippen molar-refractivity contribution in [2.24, 2.45) is 5.92 Å². The molecule has 0 aliphatic carbocycles. The number of amides is 2. The van der Waals surface area contributed by atoms with Gasteiger partial charge in [0.05, 0.1) is 0 Å². The molecule has 3 rings (SSSR count). The molecular weight excluding hydrogens is 404 g/mol. The molecule has 0 bridgehead atoms. The average molecular weight is 428 g/mol. The monoisotopic (exact) mass is 428 g/mol. The van der Waals surface area contributed by atoms with Crippen LogP contribution in [0, 0.1) is 5.92 Å². The molecule has 0 spiro atoms. The number of anilines is 1. The number of benzene rings is 2. The van der Waals surface area contributed by atoms with E-state index in [2.05, 4.69) is 5.32 Å². The molecule has 0 aromatic heterocycles. The fraction of sp³-hybridized carbons (Fsp3) is 0.273. The fourth-order valence-corrected chi connectivity index (χ4v) is 3.15. The largest absolute Gasteiger partial charge is 0.508 e. The van der Waals surface area contributed by atoms with Crippen LogP contribution < -0.4 is 20.3 Å². The quantitative estimate of drug-likeness (QED) is 0.285. The number of aromatic hydroxyl groups is 1. The van der Waals surface area contributed by atoms with Crippen molar-refractivity contribution in [1.82, 2.24) is 5.48 Å². The number of phenolic OH excluding ortho intramolecular Hbond substituents is 1. The number of carbonyl (C=O) groups excluding carboxylic acids is 2. The van der Waals surface area contributed by atoms with Gasteiger partial charge in [-0.1, -0.05) is 25.1 Å². The van der Waals surface area contributed by atoms with Crippen LogP contribution in [0.2, 0.25) is 0 Å². The highest BCUT2D eigenvalue weighted by Gasteiger charge is 2.24. The Morgan fingerprint density at radius 1 is 1.16 bits per heavy atom. The molecule has 9 nitrogen and oxygen atoms in total. The minimum absolute atomic E-state index is 0.103. The lowest BCUT2D eigenvalue weighted by atomic mass is 9.93. The van der Waals surface area contributed by atoms with Gasteiger partial charge in [-0.15, -0.1) is 0 Å². The van der Waals surface area contributed by atoms with E-state index >= 15 is 0 Å².